The molecular weight excluding hydrogens is 246 g/mol. The van der Waals surface area contributed by atoms with Gasteiger partial charge in [0.05, 0.1) is 18.6 Å². The summed E-state index contributed by atoms with van der Waals surface area (Å²) in [7, 11) is -0.872. The monoisotopic (exact) mass is 267 g/mol. The highest BCUT2D eigenvalue weighted by Crippen LogP contribution is 2.35. The van der Waals surface area contributed by atoms with Crippen molar-refractivity contribution in [2.75, 3.05) is 24.7 Å². The number of anilines is 1. The van der Waals surface area contributed by atoms with Crippen LogP contribution in [0.15, 0.2) is 24.3 Å². The van der Waals surface area contributed by atoms with Gasteiger partial charge in [-0.05, 0) is 38.5 Å². The lowest BCUT2D eigenvalue weighted by Gasteiger charge is -2.43. The van der Waals surface area contributed by atoms with Crippen LogP contribution < -0.4 is 5.73 Å². The standard InChI is InChI=1S/C14H21NO2S/c1-13(2,3)18(16)10-14(8-17-9-14)11-4-6-12(15)7-5-11/h4-7H,8-10,15H2,1-3H3. The molecule has 4 heteroatoms. The van der Waals surface area contributed by atoms with Gasteiger partial charge in [0.15, 0.2) is 0 Å². The third kappa shape index (κ3) is 2.59. The first-order valence-corrected chi connectivity index (χ1v) is 7.48. The summed E-state index contributed by atoms with van der Waals surface area (Å²) in [6.45, 7) is 7.34. The smallest absolute Gasteiger partial charge is 0.0594 e. The molecule has 100 valence electrons. The fraction of sp³-hybridized carbons (Fsp3) is 0.571. The summed E-state index contributed by atoms with van der Waals surface area (Å²) in [6.07, 6.45) is 0. The minimum atomic E-state index is -0.872. The van der Waals surface area contributed by atoms with Crippen molar-refractivity contribution in [3.05, 3.63) is 29.8 Å². The van der Waals surface area contributed by atoms with Crippen LogP contribution in [0.5, 0.6) is 0 Å². The number of hydrogen-bond acceptors (Lipinski definition) is 3. The normalized spacial score (nSPS) is 20.2. The lowest BCUT2D eigenvalue weighted by Crippen LogP contribution is -2.52. The minimum absolute atomic E-state index is 0.0914. The maximum atomic E-state index is 12.3. The van der Waals surface area contributed by atoms with Gasteiger partial charge in [-0.25, -0.2) is 0 Å². The van der Waals surface area contributed by atoms with Crippen molar-refractivity contribution < 1.29 is 8.95 Å². The van der Waals surface area contributed by atoms with Crippen molar-refractivity contribution in [2.24, 2.45) is 0 Å². The van der Waals surface area contributed by atoms with Crippen molar-refractivity contribution in [1.29, 1.82) is 0 Å². The largest absolute Gasteiger partial charge is 0.399 e. The second kappa shape index (κ2) is 4.67. The van der Waals surface area contributed by atoms with Gasteiger partial charge in [-0.2, -0.15) is 0 Å². The number of hydrogen-bond donors (Lipinski definition) is 1. The number of benzene rings is 1. The molecule has 1 saturated heterocycles. The van der Waals surface area contributed by atoms with Crippen molar-refractivity contribution in [3.8, 4) is 0 Å². The Morgan fingerprint density at radius 2 is 1.83 bits per heavy atom. The van der Waals surface area contributed by atoms with Crippen LogP contribution in [0.2, 0.25) is 0 Å². The SMILES string of the molecule is CC(C)(C)S(=O)CC1(c2ccc(N)cc2)COC1. The lowest BCUT2D eigenvalue weighted by atomic mass is 9.80. The van der Waals surface area contributed by atoms with Crippen LogP contribution in [-0.4, -0.2) is 27.9 Å². The number of nitrogens with two attached hydrogens (primary N) is 1. The quantitative estimate of drug-likeness (QED) is 0.853. The van der Waals surface area contributed by atoms with E-state index in [4.69, 9.17) is 10.5 Å². The van der Waals surface area contributed by atoms with Gasteiger partial charge in [-0.3, -0.25) is 4.21 Å². The molecule has 0 amide bonds. The zero-order chi connectivity index (χ0) is 13.4. The van der Waals surface area contributed by atoms with Gasteiger partial charge in [0.2, 0.25) is 0 Å². The molecule has 0 aliphatic carbocycles. The average Bonchev–Trinajstić information content (AvgIpc) is 2.23. The topological polar surface area (TPSA) is 52.3 Å². The summed E-state index contributed by atoms with van der Waals surface area (Å²) in [6, 6.07) is 7.85. The molecule has 1 aliphatic heterocycles. The summed E-state index contributed by atoms with van der Waals surface area (Å²) in [5.41, 5.74) is 7.55. The van der Waals surface area contributed by atoms with Gasteiger partial charge in [-0.15, -0.1) is 0 Å². The van der Waals surface area contributed by atoms with Gasteiger partial charge < -0.3 is 10.5 Å². The Hall–Kier alpha value is -0.870. The molecule has 1 heterocycles. The van der Waals surface area contributed by atoms with Crippen molar-refractivity contribution >= 4 is 16.5 Å². The van der Waals surface area contributed by atoms with E-state index in [1.807, 2.05) is 45.0 Å². The summed E-state index contributed by atoms with van der Waals surface area (Å²) in [5, 5.41) is 0. The zero-order valence-electron chi connectivity index (χ0n) is 11.2. The van der Waals surface area contributed by atoms with Crippen LogP contribution in [0, 0.1) is 0 Å². The highest BCUT2D eigenvalue weighted by atomic mass is 32.2. The van der Waals surface area contributed by atoms with Crippen molar-refractivity contribution in [1.82, 2.24) is 0 Å². The second-order valence-corrected chi connectivity index (χ2v) is 8.20. The second-order valence-electron chi connectivity index (χ2n) is 6.00. The van der Waals surface area contributed by atoms with Crippen LogP contribution in [0.1, 0.15) is 26.3 Å². The Labute approximate surface area is 111 Å². The molecule has 0 radical (unpaired) electrons. The van der Waals surface area contributed by atoms with Crippen molar-refractivity contribution in [3.63, 3.8) is 0 Å². The third-order valence-corrected chi connectivity index (χ3v) is 5.55. The predicted octanol–water partition coefficient (Wildman–Crippen LogP) is 2.08. The van der Waals surface area contributed by atoms with E-state index >= 15 is 0 Å². The number of ether oxygens (including phenoxy) is 1. The van der Waals surface area contributed by atoms with Gasteiger partial charge >= 0.3 is 0 Å². The molecule has 1 fully saturated rings. The summed E-state index contributed by atoms with van der Waals surface area (Å²) in [5.74, 6) is 0.653. The Bertz CT molecular complexity index is 444. The van der Waals surface area contributed by atoms with Gasteiger partial charge in [0.25, 0.3) is 0 Å². The molecule has 18 heavy (non-hydrogen) atoms. The first kappa shape index (κ1) is 13.6. The van der Waals surface area contributed by atoms with Gasteiger partial charge in [0, 0.05) is 27.0 Å². The molecule has 2 rings (SSSR count). The van der Waals surface area contributed by atoms with E-state index in [0.29, 0.717) is 19.0 Å². The number of rotatable bonds is 3. The molecule has 3 nitrogen and oxygen atoms in total. The van der Waals surface area contributed by atoms with E-state index in [1.165, 1.54) is 5.56 Å². The molecule has 0 bridgehead atoms. The van der Waals surface area contributed by atoms with E-state index in [0.717, 1.165) is 5.69 Å². The van der Waals surface area contributed by atoms with E-state index in [1.54, 1.807) is 0 Å². The highest BCUT2D eigenvalue weighted by molar-refractivity contribution is 7.86. The van der Waals surface area contributed by atoms with Crippen LogP contribution >= 0.6 is 0 Å². The maximum absolute atomic E-state index is 12.3. The molecule has 1 aromatic carbocycles. The highest BCUT2D eigenvalue weighted by Gasteiger charge is 2.43. The first-order valence-electron chi connectivity index (χ1n) is 6.16. The maximum Gasteiger partial charge on any atom is 0.0594 e. The fourth-order valence-corrected chi connectivity index (χ4v) is 3.25. The molecule has 0 spiro atoms. The predicted molar refractivity (Wildman–Crippen MR) is 76.1 cm³/mol. The molecule has 1 unspecified atom stereocenters. The van der Waals surface area contributed by atoms with E-state index in [2.05, 4.69) is 0 Å². The zero-order valence-corrected chi connectivity index (χ0v) is 12.0. The average molecular weight is 267 g/mol. The molecule has 1 atom stereocenters. The summed E-state index contributed by atoms with van der Waals surface area (Å²) < 4.78 is 17.5. The van der Waals surface area contributed by atoms with E-state index in [9.17, 15) is 4.21 Å². The van der Waals surface area contributed by atoms with Crippen LogP contribution in [-0.2, 0) is 21.0 Å². The summed E-state index contributed by atoms with van der Waals surface area (Å²) in [4.78, 5) is 0. The Morgan fingerprint density at radius 3 is 2.22 bits per heavy atom. The molecule has 1 aliphatic rings. The van der Waals surface area contributed by atoms with Crippen molar-refractivity contribution in [2.45, 2.75) is 30.9 Å². The number of nitrogen functional groups attached to an aromatic ring is 1. The molecule has 0 saturated carbocycles. The first-order chi connectivity index (χ1) is 8.33. The van der Waals surface area contributed by atoms with Crippen LogP contribution in [0.25, 0.3) is 0 Å². The Balaban J connectivity index is 2.21. The third-order valence-electron chi connectivity index (χ3n) is 3.37. The Morgan fingerprint density at radius 1 is 1.28 bits per heavy atom. The lowest BCUT2D eigenvalue weighted by molar-refractivity contribution is -0.0478. The van der Waals surface area contributed by atoms with E-state index in [-0.39, 0.29) is 10.2 Å². The van der Waals surface area contributed by atoms with Crippen LogP contribution in [0.4, 0.5) is 5.69 Å². The minimum Gasteiger partial charge on any atom is -0.399 e. The molecule has 0 aromatic heterocycles. The fourth-order valence-electron chi connectivity index (χ4n) is 1.99. The Kier molecular flexibility index (Phi) is 3.52. The van der Waals surface area contributed by atoms with Crippen LogP contribution in [0.3, 0.4) is 0 Å². The van der Waals surface area contributed by atoms with Gasteiger partial charge in [0.1, 0.15) is 0 Å². The summed E-state index contributed by atoms with van der Waals surface area (Å²) >= 11 is 0. The molecule has 1 aromatic rings. The van der Waals surface area contributed by atoms with Gasteiger partial charge in [-0.1, -0.05) is 12.1 Å². The molecular formula is C14H21NO2S. The van der Waals surface area contributed by atoms with E-state index < -0.39 is 10.8 Å². The molecule has 2 N–H and O–H groups in total.